The maximum absolute atomic E-state index is 11.8. The van der Waals surface area contributed by atoms with Gasteiger partial charge in [-0.3, -0.25) is 9.69 Å². The van der Waals surface area contributed by atoms with E-state index in [1.165, 1.54) is 0 Å². The zero-order valence-electron chi connectivity index (χ0n) is 13.5. The quantitative estimate of drug-likeness (QED) is 0.734. The summed E-state index contributed by atoms with van der Waals surface area (Å²) in [6.07, 6.45) is 1.82. The fourth-order valence-corrected chi connectivity index (χ4v) is 4.07. The Balaban J connectivity index is 1.42. The van der Waals surface area contributed by atoms with E-state index in [0.717, 1.165) is 39.0 Å². The topological polar surface area (TPSA) is 59.1 Å². The molecule has 6 heteroatoms. The largest absolute Gasteiger partial charge is 0.466 e. The van der Waals surface area contributed by atoms with Crippen LogP contribution < -0.4 is 0 Å². The third kappa shape index (κ3) is 2.93. The van der Waals surface area contributed by atoms with E-state index in [0.29, 0.717) is 31.1 Å². The van der Waals surface area contributed by atoms with Crippen LogP contribution >= 0.6 is 0 Å². The molecule has 1 amide bonds. The predicted octanol–water partition coefficient (Wildman–Crippen LogP) is 1.35. The Morgan fingerprint density at radius 1 is 1.00 bits per heavy atom. The van der Waals surface area contributed by atoms with Crippen LogP contribution in [0.1, 0.15) is 26.7 Å². The molecule has 3 atom stereocenters. The number of carbonyl (C=O) groups is 2. The second-order valence-electron chi connectivity index (χ2n) is 6.48. The molecule has 0 N–H and O–H groups in total. The van der Waals surface area contributed by atoms with Gasteiger partial charge in [0.2, 0.25) is 0 Å². The number of likely N-dealkylation sites (tertiary alicyclic amines) is 2. The minimum absolute atomic E-state index is 0.00530. The highest BCUT2D eigenvalue weighted by Crippen LogP contribution is 2.53. The zero-order valence-corrected chi connectivity index (χ0v) is 13.5. The summed E-state index contributed by atoms with van der Waals surface area (Å²) in [5.41, 5.74) is 0. The van der Waals surface area contributed by atoms with E-state index in [2.05, 4.69) is 4.90 Å². The first kappa shape index (κ1) is 15.6. The number of nitrogens with zero attached hydrogens (tertiary/aromatic N) is 2. The summed E-state index contributed by atoms with van der Waals surface area (Å²) in [5.74, 6) is 1.15. The molecule has 0 aromatic carbocycles. The van der Waals surface area contributed by atoms with E-state index in [1.807, 2.05) is 13.8 Å². The van der Waals surface area contributed by atoms with Crippen molar-refractivity contribution < 1.29 is 19.1 Å². The standard InChI is InChI=1S/C16H26N2O4/c1-3-21-15(19)14-12-9-18(10-13(12)14)11-5-7-17(8-6-11)16(20)22-4-2/h11-14H,3-10H2,1-2H3/t12-,13+,14?. The molecular weight excluding hydrogens is 284 g/mol. The average Bonchev–Trinajstić information content (AvgIpc) is 3.03. The Morgan fingerprint density at radius 2 is 1.59 bits per heavy atom. The van der Waals surface area contributed by atoms with Gasteiger partial charge >= 0.3 is 12.1 Å². The molecule has 22 heavy (non-hydrogen) atoms. The van der Waals surface area contributed by atoms with Gasteiger partial charge in [0.05, 0.1) is 19.1 Å². The predicted molar refractivity (Wildman–Crippen MR) is 80.3 cm³/mol. The molecule has 6 nitrogen and oxygen atoms in total. The maximum Gasteiger partial charge on any atom is 0.409 e. The normalized spacial score (nSPS) is 31.7. The number of fused-ring (bicyclic) bond motifs is 1. The van der Waals surface area contributed by atoms with Crippen molar-refractivity contribution in [2.24, 2.45) is 17.8 Å². The number of hydrogen-bond acceptors (Lipinski definition) is 5. The van der Waals surface area contributed by atoms with Gasteiger partial charge in [0, 0.05) is 32.2 Å². The van der Waals surface area contributed by atoms with E-state index in [1.54, 1.807) is 4.90 Å². The Kier molecular flexibility index (Phi) is 4.57. The molecule has 3 fully saturated rings. The van der Waals surface area contributed by atoms with Crippen molar-refractivity contribution in [2.75, 3.05) is 39.4 Å². The van der Waals surface area contributed by atoms with Crippen LogP contribution in [0.25, 0.3) is 0 Å². The zero-order chi connectivity index (χ0) is 15.7. The Hall–Kier alpha value is -1.30. The minimum atomic E-state index is -0.187. The van der Waals surface area contributed by atoms with Crippen LogP contribution in [0.4, 0.5) is 4.79 Å². The number of piperidine rings is 2. The van der Waals surface area contributed by atoms with Gasteiger partial charge in [0.25, 0.3) is 0 Å². The van der Waals surface area contributed by atoms with Crippen LogP contribution in [0.5, 0.6) is 0 Å². The molecule has 1 saturated carbocycles. The van der Waals surface area contributed by atoms with E-state index in [-0.39, 0.29) is 18.0 Å². The van der Waals surface area contributed by atoms with Gasteiger partial charge in [-0.1, -0.05) is 0 Å². The van der Waals surface area contributed by atoms with Crippen molar-refractivity contribution in [3.05, 3.63) is 0 Å². The maximum atomic E-state index is 11.8. The van der Waals surface area contributed by atoms with Crippen molar-refractivity contribution in [3.8, 4) is 0 Å². The van der Waals surface area contributed by atoms with Gasteiger partial charge < -0.3 is 14.4 Å². The molecule has 2 heterocycles. The Labute approximate surface area is 131 Å². The summed E-state index contributed by atoms with van der Waals surface area (Å²) >= 11 is 0. The summed E-state index contributed by atoms with van der Waals surface area (Å²) in [7, 11) is 0. The molecule has 1 unspecified atom stereocenters. The lowest BCUT2D eigenvalue weighted by Crippen LogP contribution is -2.47. The highest BCUT2D eigenvalue weighted by atomic mass is 16.6. The van der Waals surface area contributed by atoms with Crippen molar-refractivity contribution in [2.45, 2.75) is 32.7 Å². The Morgan fingerprint density at radius 3 is 2.14 bits per heavy atom. The van der Waals surface area contributed by atoms with Crippen molar-refractivity contribution in [1.82, 2.24) is 9.80 Å². The first-order valence-corrected chi connectivity index (χ1v) is 8.48. The van der Waals surface area contributed by atoms with Gasteiger partial charge in [0.1, 0.15) is 0 Å². The second-order valence-corrected chi connectivity index (χ2v) is 6.48. The average molecular weight is 310 g/mol. The number of hydrogen-bond donors (Lipinski definition) is 0. The van der Waals surface area contributed by atoms with Crippen LogP contribution in [0.3, 0.4) is 0 Å². The van der Waals surface area contributed by atoms with Gasteiger partial charge in [0.15, 0.2) is 0 Å². The molecule has 1 aliphatic carbocycles. The van der Waals surface area contributed by atoms with E-state index >= 15 is 0 Å². The first-order valence-electron chi connectivity index (χ1n) is 8.48. The molecule has 3 rings (SSSR count). The molecule has 2 saturated heterocycles. The molecule has 0 spiro atoms. The number of ether oxygens (including phenoxy) is 2. The number of amides is 1. The summed E-state index contributed by atoms with van der Waals surface area (Å²) in [4.78, 5) is 27.8. The molecule has 2 aliphatic heterocycles. The van der Waals surface area contributed by atoms with Gasteiger partial charge in [-0.05, 0) is 38.5 Å². The van der Waals surface area contributed by atoms with Crippen LogP contribution in [0, 0.1) is 17.8 Å². The summed E-state index contributed by atoms with van der Waals surface area (Å²) in [6, 6.07) is 0.543. The van der Waals surface area contributed by atoms with Crippen molar-refractivity contribution in [3.63, 3.8) is 0 Å². The van der Waals surface area contributed by atoms with E-state index in [9.17, 15) is 9.59 Å². The molecule has 0 radical (unpaired) electrons. The first-order chi connectivity index (χ1) is 10.7. The lowest BCUT2D eigenvalue weighted by Gasteiger charge is -2.37. The SMILES string of the molecule is CCOC(=O)C1[C@H]2CN(C3CCN(C(=O)OCC)CC3)C[C@@H]12. The summed E-state index contributed by atoms with van der Waals surface area (Å²) in [5, 5.41) is 0. The molecular formula is C16H26N2O4. The number of esters is 1. The lowest BCUT2D eigenvalue weighted by molar-refractivity contribution is -0.145. The van der Waals surface area contributed by atoms with Crippen LogP contribution in [0.15, 0.2) is 0 Å². The van der Waals surface area contributed by atoms with Gasteiger partial charge in [-0.25, -0.2) is 4.79 Å². The highest BCUT2D eigenvalue weighted by molar-refractivity contribution is 5.77. The van der Waals surface area contributed by atoms with Gasteiger partial charge in [-0.15, -0.1) is 0 Å². The lowest BCUT2D eigenvalue weighted by atomic mass is 10.0. The molecule has 3 aliphatic rings. The van der Waals surface area contributed by atoms with E-state index < -0.39 is 0 Å². The van der Waals surface area contributed by atoms with Crippen molar-refractivity contribution >= 4 is 12.1 Å². The molecule has 0 aromatic rings. The Bertz CT molecular complexity index is 406. The molecule has 0 aromatic heterocycles. The monoisotopic (exact) mass is 310 g/mol. The summed E-state index contributed by atoms with van der Waals surface area (Å²) in [6.45, 7) is 8.18. The van der Waals surface area contributed by atoms with Crippen LogP contribution in [-0.2, 0) is 14.3 Å². The molecule has 124 valence electrons. The summed E-state index contributed by atoms with van der Waals surface area (Å²) < 4.78 is 10.2. The number of carbonyl (C=O) groups excluding carboxylic acids is 2. The van der Waals surface area contributed by atoms with Gasteiger partial charge in [-0.2, -0.15) is 0 Å². The third-order valence-electron chi connectivity index (χ3n) is 5.29. The highest BCUT2D eigenvalue weighted by Gasteiger charge is 2.60. The minimum Gasteiger partial charge on any atom is -0.466 e. The van der Waals surface area contributed by atoms with Crippen molar-refractivity contribution in [1.29, 1.82) is 0 Å². The number of rotatable bonds is 4. The fraction of sp³-hybridized carbons (Fsp3) is 0.875. The molecule has 0 bridgehead atoms. The van der Waals surface area contributed by atoms with E-state index in [4.69, 9.17) is 9.47 Å². The van der Waals surface area contributed by atoms with Crippen LogP contribution in [-0.4, -0.2) is 67.3 Å². The smallest absolute Gasteiger partial charge is 0.409 e. The fourth-order valence-electron chi connectivity index (χ4n) is 4.07. The van der Waals surface area contributed by atoms with Crippen LogP contribution in [0.2, 0.25) is 0 Å². The third-order valence-corrected chi connectivity index (χ3v) is 5.29. The second kappa shape index (κ2) is 6.44.